The predicted octanol–water partition coefficient (Wildman–Crippen LogP) is 2.37. The van der Waals surface area contributed by atoms with Gasteiger partial charge in [-0.3, -0.25) is 4.79 Å². The second kappa shape index (κ2) is 5.48. The summed E-state index contributed by atoms with van der Waals surface area (Å²) in [6.45, 7) is 0. The minimum Gasteiger partial charge on any atom is -0.504 e. The molecule has 0 saturated heterocycles. The van der Waals surface area contributed by atoms with Crippen LogP contribution in [-0.4, -0.2) is 18.1 Å². The highest BCUT2D eigenvalue weighted by atomic mass is 19.1. The van der Waals surface area contributed by atoms with E-state index in [1.54, 1.807) is 6.07 Å². The summed E-state index contributed by atoms with van der Waals surface area (Å²) in [7, 11) is 1.37. The van der Waals surface area contributed by atoms with E-state index in [0.29, 0.717) is 0 Å². The number of halogens is 1. The first-order chi connectivity index (χ1) is 9.52. The smallest absolute Gasteiger partial charge is 0.259 e. The Balaban J connectivity index is 2.28. The summed E-state index contributed by atoms with van der Waals surface area (Å²) in [4.78, 5) is 12.0. The van der Waals surface area contributed by atoms with Crippen LogP contribution in [0.2, 0.25) is 0 Å². The van der Waals surface area contributed by atoms with Crippen molar-refractivity contribution >= 4 is 17.3 Å². The first kappa shape index (κ1) is 13.7. The van der Waals surface area contributed by atoms with Gasteiger partial charge in [-0.2, -0.15) is 0 Å². The van der Waals surface area contributed by atoms with Crippen LogP contribution in [-0.2, 0) is 0 Å². The van der Waals surface area contributed by atoms with E-state index >= 15 is 0 Å². The number of nitrogens with two attached hydrogens (primary N) is 1. The van der Waals surface area contributed by atoms with Crippen molar-refractivity contribution in [2.24, 2.45) is 0 Å². The van der Waals surface area contributed by atoms with Crippen LogP contribution in [0.25, 0.3) is 0 Å². The quantitative estimate of drug-likeness (QED) is 0.751. The number of amides is 1. The van der Waals surface area contributed by atoms with Crippen molar-refractivity contribution < 1.29 is 19.0 Å². The standard InChI is InChI=1S/C14H13FN2O3/c1-20-12-4-2-3-9(13(12)18)14(19)17-11-6-5-8(16)7-10(11)15/h2-7,18H,16H2,1H3,(H,17,19). The molecular weight excluding hydrogens is 263 g/mol. The molecule has 5 nitrogen and oxygen atoms in total. The van der Waals surface area contributed by atoms with Crippen LogP contribution in [0.1, 0.15) is 10.4 Å². The molecule has 0 aromatic heterocycles. The molecule has 0 aliphatic rings. The second-order valence-electron chi connectivity index (χ2n) is 4.05. The summed E-state index contributed by atoms with van der Waals surface area (Å²) >= 11 is 0. The van der Waals surface area contributed by atoms with Crippen LogP contribution < -0.4 is 15.8 Å². The first-order valence-corrected chi connectivity index (χ1v) is 5.75. The summed E-state index contributed by atoms with van der Waals surface area (Å²) in [5.74, 6) is -1.44. The van der Waals surface area contributed by atoms with E-state index in [2.05, 4.69) is 5.32 Å². The molecule has 0 aliphatic heterocycles. The van der Waals surface area contributed by atoms with E-state index in [0.717, 1.165) is 6.07 Å². The van der Waals surface area contributed by atoms with E-state index in [1.165, 1.54) is 31.4 Å². The van der Waals surface area contributed by atoms with Crippen molar-refractivity contribution in [1.82, 2.24) is 0 Å². The molecule has 2 rings (SSSR count). The van der Waals surface area contributed by atoms with Crippen molar-refractivity contribution in [1.29, 1.82) is 0 Å². The predicted molar refractivity (Wildman–Crippen MR) is 73.4 cm³/mol. The molecule has 20 heavy (non-hydrogen) atoms. The minimum absolute atomic E-state index is 0.0134. The fourth-order valence-corrected chi connectivity index (χ4v) is 1.69. The number of benzene rings is 2. The first-order valence-electron chi connectivity index (χ1n) is 5.75. The number of hydrogen-bond acceptors (Lipinski definition) is 4. The van der Waals surface area contributed by atoms with Crippen molar-refractivity contribution in [3.63, 3.8) is 0 Å². The average Bonchev–Trinajstić information content (AvgIpc) is 2.42. The van der Waals surface area contributed by atoms with Crippen LogP contribution in [0.15, 0.2) is 36.4 Å². The summed E-state index contributed by atoms with van der Waals surface area (Å²) in [5, 5.41) is 12.2. The highest BCUT2D eigenvalue weighted by molar-refractivity contribution is 6.06. The van der Waals surface area contributed by atoms with Crippen molar-refractivity contribution in [2.75, 3.05) is 18.2 Å². The van der Waals surface area contributed by atoms with Gasteiger partial charge in [-0.25, -0.2) is 4.39 Å². The maximum atomic E-state index is 13.6. The topological polar surface area (TPSA) is 84.6 Å². The Morgan fingerprint density at radius 2 is 2.10 bits per heavy atom. The van der Waals surface area contributed by atoms with E-state index in [-0.39, 0.29) is 28.4 Å². The number of rotatable bonds is 3. The number of aromatic hydroxyl groups is 1. The number of hydrogen-bond donors (Lipinski definition) is 3. The molecule has 0 radical (unpaired) electrons. The second-order valence-corrected chi connectivity index (χ2v) is 4.05. The number of phenols is 1. The molecule has 0 atom stereocenters. The third kappa shape index (κ3) is 2.64. The number of nitrogens with one attached hydrogen (secondary N) is 1. The van der Waals surface area contributed by atoms with Gasteiger partial charge in [0, 0.05) is 5.69 Å². The molecule has 0 fully saturated rings. The van der Waals surface area contributed by atoms with Crippen LogP contribution in [0.3, 0.4) is 0 Å². The van der Waals surface area contributed by atoms with Gasteiger partial charge in [0.25, 0.3) is 5.91 Å². The van der Waals surface area contributed by atoms with Crippen LogP contribution >= 0.6 is 0 Å². The molecular formula is C14H13FN2O3. The Morgan fingerprint density at radius 3 is 2.75 bits per heavy atom. The van der Waals surface area contributed by atoms with Gasteiger partial charge >= 0.3 is 0 Å². The van der Waals surface area contributed by atoms with E-state index in [1.807, 2.05) is 0 Å². The summed E-state index contributed by atoms with van der Waals surface area (Å²) in [6.07, 6.45) is 0. The largest absolute Gasteiger partial charge is 0.504 e. The molecule has 0 spiro atoms. The lowest BCUT2D eigenvalue weighted by molar-refractivity contribution is 0.102. The van der Waals surface area contributed by atoms with Crippen molar-refractivity contribution in [3.05, 3.63) is 47.8 Å². The summed E-state index contributed by atoms with van der Waals surface area (Å²) < 4.78 is 18.5. The van der Waals surface area contributed by atoms with E-state index in [9.17, 15) is 14.3 Å². The number of carbonyl (C=O) groups excluding carboxylic acids is 1. The van der Waals surface area contributed by atoms with Crippen molar-refractivity contribution in [2.45, 2.75) is 0 Å². The van der Waals surface area contributed by atoms with Gasteiger partial charge in [-0.1, -0.05) is 6.07 Å². The SMILES string of the molecule is COc1cccc(C(=O)Nc2ccc(N)cc2F)c1O. The Kier molecular flexibility index (Phi) is 3.74. The molecule has 2 aromatic carbocycles. The normalized spacial score (nSPS) is 10.1. The Labute approximate surface area is 114 Å². The number of nitrogen functional groups attached to an aromatic ring is 1. The van der Waals surface area contributed by atoms with Gasteiger partial charge in [0.15, 0.2) is 11.5 Å². The van der Waals surface area contributed by atoms with Gasteiger partial charge in [-0.05, 0) is 30.3 Å². The molecule has 0 bridgehead atoms. The molecule has 0 heterocycles. The molecule has 0 saturated carbocycles. The highest BCUT2D eigenvalue weighted by Crippen LogP contribution is 2.30. The molecule has 0 aliphatic carbocycles. The van der Waals surface area contributed by atoms with E-state index in [4.69, 9.17) is 10.5 Å². The third-order valence-electron chi connectivity index (χ3n) is 2.70. The number of anilines is 2. The molecule has 0 unspecified atom stereocenters. The van der Waals surface area contributed by atoms with E-state index < -0.39 is 11.7 Å². The zero-order valence-corrected chi connectivity index (χ0v) is 10.7. The molecule has 104 valence electrons. The number of carbonyl (C=O) groups is 1. The lowest BCUT2D eigenvalue weighted by atomic mass is 10.1. The summed E-state index contributed by atoms with van der Waals surface area (Å²) in [5.41, 5.74) is 5.64. The monoisotopic (exact) mass is 276 g/mol. The van der Waals surface area contributed by atoms with Gasteiger partial charge in [0.05, 0.1) is 18.4 Å². The third-order valence-corrected chi connectivity index (χ3v) is 2.70. The Morgan fingerprint density at radius 1 is 1.35 bits per heavy atom. The zero-order valence-electron chi connectivity index (χ0n) is 10.7. The Hall–Kier alpha value is -2.76. The van der Waals surface area contributed by atoms with Crippen LogP contribution in [0.5, 0.6) is 11.5 Å². The number of phenolic OH excluding ortho intramolecular Hbond substituents is 1. The maximum absolute atomic E-state index is 13.6. The van der Waals surface area contributed by atoms with Gasteiger partial charge in [0.2, 0.25) is 0 Å². The average molecular weight is 276 g/mol. The minimum atomic E-state index is -0.652. The number of para-hydroxylation sites is 1. The van der Waals surface area contributed by atoms with Crippen LogP contribution in [0.4, 0.5) is 15.8 Å². The molecule has 2 aromatic rings. The maximum Gasteiger partial charge on any atom is 0.259 e. The highest BCUT2D eigenvalue weighted by Gasteiger charge is 2.16. The van der Waals surface area contributed by atoms with Gasteiger partial charge in [-0.15, -0.1) is 0 Å². The van der Waals surface area contributed by atoms with Crippen LogP contribution in [0, 0.1) is 5.82 Å². The lowest BCUT2D eigenvalue weighted by Crippen LogP contribution is -2.13. The molecule has 1 amide bonds. The van der Waals surface area contributed by atoms with Gasteiger partial charge in [0.1, 0.15) is 5.82 Å². The number of methoxy groups -OCH3 is 1. The van der Waals surface area contributed by atoms with Crippen molar-refractivity contribution in [3.8, 4) is 11.5 Å². The lowest BCUT2D eigenvalue weighted by Gasteiger charge is -2.10. The zero-order chi connectivity index (χ0) is 14.7. The fourth-order valence-electron chi connectivity index (χ4n) is 1.69. The molecule has 6 heteroatoms. The van der Waals surface area contributed by atoms with Gasteiger partial charge < -0.3 is 20.9 Å². The summed E-state index contributed by atoms with van der Waals surface area (Å²) in [6, 6.07) is 8.37. The number of ether oxygens (including phenoxy) is 1. The fraction of sp³-hybridized carbons (Fsp3) is 0.0714. The Bertz CT molecular complexity index is 659. The molecule has 4 N–H and O–H groups in total.